The summed E-state index contributed by atoms with van der Waals surface area (Å²) in [6.45, 7) is 6.88. The molecule has 2 rings (SSSR count). The second kappa shape index (κ2) is 8.04. The van der Waals surface area contributed by atoms with E-state index in [0.717, 1.165) is 33.9 Å². The van der Waals surface area contributed by atoms with Gasteiger partial charge in [0.15, 0.2) is 0 Å². The van der Waals surface area contributed by atoms with Crippen molar-refractivity contribution in [3.05, 3.63) is 59.7 Å². The normalized spacial score (nSPS) is 10.5. The van der Waals surface area contributed by atoms with Crippen LogP contribution in [0.4, 0.5) is 5.69 Å². The maximum atomic E-state index is 13.0. The molecule has 0 aliphatic carbocycles. The number of aryl methyl sites for hydroxylation is 1. The van der Waals surface area contributed by atoms with Crippen molar-refractivity contribution >= 4 is 23.4 Å². The molecule has 0 radical (unpaired) electrons. The van der Waals surface area contributed by atoms with Crippen LogP contribution < -0.4 is 4.90 Å². The van der Waals surface area contributed by atoms with E-state index >= 15 is 0 Å². The first kappa shape index (κ1) is 16.6. The number of carbonyl (C=O) groups excluding carboxylic acids is 1. The van der Waals surface area contributed by atoms with Gasteiger partial charge in [0, 0.05) is 17.1 Å². The lowest BCUT2D eigenvalue weighted by molar-refractivity contribution is 0.0985. The first-order chi connectivity index (χ1) is 10.7. The van der Waals surface area contributed by atoms with E-state index in [9.17, 15) is 4.79 Å². The standard InChI is InChI=1S/C19H23NOS/c1-4-14-22-18-13-9-7-11-16(18)19(21)20(5-2)17-12-8-6-10-15(17)3/h6-13H,4-5,14H2,1-3H3. The molecule has 0 atom stereocenters. The summed E-state index contributed by atoms with van der Waals surface area (Å²) in [5.74, 6) is 1.11. The Balaban J connectivity index is 2.35. The lowest BCUT2D eigenvalue weighted by atomic mass is 10.1. The van der Waals surface area contributed by atoms with Crippen molar-refractivity contribution in [2.75, 3.05) is 17.2 Å². The Hall–Kier alpha value is -1.74. The van der Waals surface area contributed by atoms with Crippen LogP contribution in [-0.4, -0.2) is 18.2 Å². The van der Waals surface area contributed by atoms with E-state index in [1.54, 1.807) is 11.8 Å². The molecule has 0 aromatic heterocycles. The highest BCUT2D eigenvalue weighted by atomic mass is 32.2. The van der Waals surface area contributed by atoms with Gasteiger partial charge in [-0.2, -0.15) is 0 Å². The van der Waals surface area contributed by atoms with E-state index in [1.807, 2.05) is 67.3 Å². The molecule has 0 saturated carbocycles. The molecule has 0 heterocycles. The molecule has 0 bridgehead atoms. The Kier molecular flexibility index (Phi) is 6.08. The number of amides is 1. The van der Waals surface area contributed by atoms with Crippen LogP contribution in [0.25, 0.3) is 0 Å². The van der Waals surface area contributed by atoms with E-state index < -0.39 is 0 Å². The van der Waals surface area contributed by atoms with Gasteiger partial charge in [-0.25, -0.2) is 0 Å². The van der Waals surface area contributed by atoms with Crippen LogP contribution in [0.15, 0.2) is 53.4 Å². The third-order valence-corrected chi connectivity index (χ3v) is 4.83. The van der Waals surface area contributed by atoms with E-state index in [0.29, 0.717) is 6.54 Å². The third kappa shape index (κ3) is 3.72. The zero-order valence-electron chi connectivity index (χ0n) is 13.5. The largest absolute Gasteiger partial charge is 0.308 e. The SMILES string of the molecule is CCCSc1ccccc1C(=O)N(CC)c1ccccc1C. The zero-order chi connectivity index (χ0) is 15.9. The Labute approximate surface area is 137 Å². The fraction of sp³-hybridized carbons (Fsp3) is 0.316. The fourth-order valence-electron chi connectivity index (χ4n) is 2.42. The van der Waals surface area contributed by atoms with Gasteiger partial charge < -0.3 is 4.90 Å². The molecule has 0 N–H and O–H groups in total. The quantitative estimate of drug-likeness (QED) is 0.686. The van der Waals surface area contributed by atoms with Crippen LogP contribution in [0.2, 0.25) is 0 Å². The molecule has 116 valence electrons. The average Bonchev–Trinajstić information content (AvgIpc) is 2.55. The van der Waals surface area contributed by atoms with Gasteiger partial charge in [-0.05, 0) is 49.8 Å². The molecular weight excluding hydrogens is 290 g/mol. The molecular formula is C19H23NOS. The molecule has 2 aromatic carbocycles. The number of para-hydroxylation sites is 1. The smallest absolute Gasteiger partial charge is 0.259 e. The number of nitrogens with zero attached hydrogens (tertiary/aromatic N) is 1. The lowest BCUT2D eigenvalue weighted by Crippen LogP contribution is -2.31. The van der Waals surface area contributed by atoms with E-state index in [4.69, 9.17) is 0 Å². The highest BCUT2D eigenvalue weighted by molar-refractivity contribution is 7.99. The average molecular weight is 313 g/mol. The van der Waals surface area contributed by atoms with E-state index in [2.05, 4.69) is 6.92 Å². The molecule has 0 spiro atoms. The fourth-order valence-corrected chi connectivity index (χ4v) is 3.33. The zero-order valence-corrected chi connectivity index (χ0v) is 14.3. The Bertz CT molecular complexity index is 639. The minimum absolute atomic E-state index is 0.0796. The lowest BCUT2D eigenvalue weighted by Gasteiger charge is -2.24. The summed E-state index contributed by atoms with van der Waals surface area (Å²) in [7, 11) is 0. The number of carbonyl (C=O) groups is 1. The number of anilines is 1. The molecule has 0 aliphatic heterocycles. The molecule has 0 aliphatic rings. The topological polar surface area (TPSA) is 20.3 Å². The van der Waals surface area contributed by atoms with Crippen molar-refractivity contribution < 1.29 is 4.79 Å². The van der Waals surface area contributed by atoms with Crippen molar-refractivity contribution in [1.82, 2.24) is 0 Å². The van der Waals surface area contributed by atoms with Gasteiger partial charge in [0.2, 0.25) is 0 Å². The second-order valence-corrected chi connectivity index (χ2v) is 6.32. The van der Waals surface area contributed by atoms with Crippen LogP contribution in [-0.2, 0) is 0 Å². The molecule has 0 saturated heterocycles. The maximum Gasteiger partial charge on any atom is 0.259 e. The van der Waals surface area contributed by atoms with E-state index in [-0.39, 0.29) is 5.91 Å². The highest BCUT2D eigenvalue weighted by Gasteiger charge is 2.20. The van der Waals surface area contributed by atoms with Gasteiger partial charge in [0.1, 0.15) is 0 Å². The molecule has 0 unspecified atom stereocenters. The monoisotopic (exact) mass is 313 g/mol. The van der Waals surface area contributed by atoms with Crippen LogP contribution >= 0.6 is 11.8 Å². The Morgan fingerprint density at radius 1 is 1.05 bits per heavy atom. The second-order valence-electron chi connectivity index (χ2n) is 5.18. The Morgan fingerprint density at radius 2 is 1.73 bits per heavy atom. The van der Waals surface area contributed by atoms with Crippen molar-refractivity contribution in [2.24, 2.45) is 0 Å². The predicted molar refractivity (Wildman–Crippen MR) is 96.0 cm³/mol. The number of benzene rings is 2. The number of hydrogen-bond donors (Lipinski definition) is 0. The summed E-state index contributed by atoms with van der Waals surface area (Å²) in [4.78, 5) is 16.0. The summed E-state index contributed by atoms with van der Waals surface area (Å²) < 4.78 is 0. The van der Waals surface area contributed by atoms with Crippen LogP contribution in [0.3, 0.4) is 0 Å². The third-order valence-electron chi connectivity index (χ3n) is 3.55. The van der Waals surface area contributed by atoms with Crippen molar-refractivity contribution in [2.45, 2.75) is 32.1 Å². The van der Waals surface area contributed by atoms with Gasteiger partial charge in [-0.1, -0.05) is 37.3 Å². The number of thioether (sulfide) groups is 1. The summed E-state index contributed by atoms with van der Waals surface area (Å²) in [5.41, 5.74) is 2.91. The summed E-state index contributed by atoms with van der Waals surface area (Å²) in [6, 6.07) is 16.0. The van der Waals surface area contributed by atoms with Gasteiger partial charge in [0.25, 0.3) is 5.91 Å². The summed E-state index contributed by atoms with van der Waals surface area (Å²) in [5, 5.41) is 0. The molecule has 3 heteroatoms. The predicted octanol–water partition coefficient (Wildman–Crippen LogP) is 5.16. The van der Waals surface area contributed by atoms with Gasteiger partial charge in [0.05, 0.1) is 5.56 Å². The van der Waals surface area contributed by atoms with E-state index in [1.165, 1.54) is 0 Å². The molecule has 2 nitrogen and oxygen atoms in total. The van der Waals surface area contributed by atoms with Crippen molar-refractivity contribution in [3.63, 3.8) is 0 Å². The van der Waals surface area contributed by atoms with Gasteiger partial charge in [-0.15, -0.1) is 11.8 Å². The van der Waals surface area contributed by atoms with Crippen LogP contribution in [0, 0.1) is 6.92 Å². The Morgan fingerprint density at radius 3 is 2.41 bits per heavy atom. The van der Waals surface area contributed by atoms with Crippen molar-refractivity contribution in [1.29, 1.82) is 0 Å². The number of rotatable bonds is 6. The molecule has 1 amide bonds. The van der Waals surface area contributed by atoms with Crippen LogP contribution in [0.1, 0.15) is 36.2 Å². The minimum Gasteiger partial charge on any atom is -0.308 e. The van der Waals surface area contributed by atoms with Gasteiger partial charge in [-0.3, -0.25) is 4.79 Å². The first-order valence-electron chi connectivity index (χ1n) is 7.78. The van der Waals surface area contributed by atoms with Gasteiger partial charge >= 0.3 is 0 Å². The van der Waals surface area contributed by atoms with Crippen molar-refractivity contribution in [3.8, 4) is 0 Å². The maximum absolute atomic E-state index is 13.0. The summed E-state index contributed by atoms with van der Waals surface area (Å²) in [6.07, 6.45) is 1.10. The molecule has 22 heavy (non-hydrogen) atoms. The highest BCUT2D eigenvalue weighted by Crippen LogP contribution is 2.27. The summed E-state index contributed by atoms with van der Waals surface area (Å²) >= 11 is 1.76. The van der Waals surface area contributed by atoms with Crippen LogP contribution in [0.5, 0.6) is 0 Å². The number of hydrogen-bond acceptors (Lipinski definition) is 2. The minimum atomic E-state index is 0.0796. The molecule has 0 fully saturated rings. The first-order valence-corrected chi connectivity index (χ1v) is 8.76. The molecule has 2 aromatic rings.